The summed E-state index contributed by atoms with van der Waals surface area (Å²) in [5.41, 5.74) is 0.852. The summed E-state index contributed by atoms with van der Waals surface area (Å²) in [6, 6.07) is 11.6. The van der Waals surface area contributed by atoms with Crippen molar-refractivity contribution in [1.82, 2.24) is 15.1 Å². The van der Waals surface area contributed by atoms with Crippen LogP contribution in [0.4, 0.5) is 0 Å². The van der Waals surface area contributed by atoms with Crippen LogP contribution in [-0.4, -0.2) is 69.6 Å². The number of aromatic hydroxyl groups is 1. The number of ketones is 1. The summed E-state index contributed by atoms with van der Waals surface area (Å²) in [5.74, 6) is 1.34. The second kappa shape index (κ2) is 10.5. The second-order valence-corrected chi connectivity index (χ2v) is 14.3. The van der Waals surface area contributed by atoms with Crippen molar-refractivity contribution in [1.29, 1.82) is 0 Å². The van der Waals surface area contributed by atoms with Gasteiger partial charge in [-0.25, -0.2) is 0 Å². The Kier molecular flexibility index (Phi) is 6.91. The molecule has 4 bridgehead atoms. The van der Waals surface area contributed by atoms with Crippen LogP contribution in [0.5, 0.6) is 5.75 Å². The molecule has 9 heteroatoms. The Hall–Kier alpha value is -3.20. The number of hydrogen-bond acceptors (Lipinski definition) is 5. The predicted molar refractivity (Wildman–Crippen MR) is 158 cm³/mol. The molecule has 2 heterocycles. The first kappa shape index (κ1) is 27.6. The number of amides is 3. The van der Waals surface area contributed by atoms with Gasteiger partial charge < -0.3 is 20.2 Å². The molecule has 2 saturated heterocycles. The van der Waals surface area contributed by atoms with Crippen molar-refractivity contribution in [2.45, 2.75) is 69.5 Å². The lowest BCUT2D eigenvalue weighted by Crippen LogP contribution is -2.56. The van der Waals surface area contributed by atoms with E-state index in [0.717, 1.165) is 29.3 Å². The third-order valence-corrected chi connectivity index (χ3v) is 11.0. The number of likely N-dealkylation sites (tertiary alicyclic amines) is 2. The number of benzene rings is 2. The van der Waals surface area contributed by atoms with Crippen molar-refractivity contribution in [3.05, 3.63) is 64.1 Å². The van der Waals surface area contributed by atoms with Gasteiger partial charge in [0.2, 0.25) is 11.8 Å². The fourth-order valence-corrected chi connectivity index (χ4v) is 9.55. The number of rotatable bonds is 6. The van der Waals surface area contributed by atoms with E-state index in [1.165, 1.54) is 19.3 Å². The first-order chi connectivity index (χ1) is 20.2. The zero-order chi connectivity index (χ0) is 29.2. The lowest BCUT2D eigenvalue weighted by molar-refractivity contribution is -0.159. The second-order valence-electron chi connectivity index (χ2n) is 13.3. The summed E-state index contributed by atoms with van der Waals surface area (Å²) < 4.78 is 0.749. The molecule has 220 valence electrons. The van der Waals surface area contributed by atoms with Gasteiger partial charge in [0.05, 0.1) is 18.0 Å². The minimum absolute atomic E-state index is 0.0622. The van der Waals surface area contributed by atoms with Crippen LogP contribution >= 0.6 is 15.9 Å². The molecule has 6 aliphatic rings. The fraction of sp³-hybridized carbons (Fsp3) is 0.515. The summed E-state index contributed by atoms with van der Waals surface area (Å²) in [4.78, 5) is 58.5. The number of Topliss-reactive ketones (excluding diaryl/α,β-unsaturated/α-hetero) is 1. The van der Waals surface area contributed by atoms with Crippen LogP contribution in [0.25, 0.3) is 0 Å². The summed E-state index contributed by atoms with van der Waals surface area (Å²) in [7, 11) is 0. The van der Waals surface area contributed by atoms with Crippen LogP contribution in [0.15, 0.2) is 53.0 Å². The molecule has 4 aliphatic carbocycles. The Bertz CT molecular complexity index is 1410. The zero-order valence-corrected chi connectivity index (χ0v) is 25.1. The highest BCUT2D eigenvalue weighted by Crippen LogP contribution is 2.61. The fourth-order valence-electron chi connectivity index (χ4n) is 9.16. The molecule has 3 atom stereocenters. The standard InChI is InChI=1S/C33H36BrN3O5/c34-24-3-1-2-23(14-24)30(40)35-26(13-19-4-6-25(38)7-5-19)31(41)36-9-8-27-29(36)28(39)18-37(27)32(42)33-15-20-10-21(16-33)12-22(11-20)17-33/h1-7,14,20-22,26-27,29,38H,8-13,15-18H2,(H,35,40)/t20?,21?,22?,26-,27?,29?,33?/m0/s1. The van der Waals surface area contributed by atoms with Crippen molar-refractivity contribution < 1.29 is 24.3 Å². The highest BCUT2D eigenvalue weighted by atomic mass is 79.9. The van der Waals surface area contributed by atoms with E-state index in [0.29, 0.717) is 36.3 Å². The Morgan fingerprint density at radius 1 is 0.976 bits per heavy atom. The van der Waals surface area contributed by atoms with Crippen LogP contribution in [0.2, 0.25) is 0 Å². The van der Waals surface area contributed by atoms with Crippen molar-refractivity contribution in [2.75, 3.05) is 13.1 Å². The number of halogens is 1. The molecular weight excluding hydrogens is 598 g/mol. The third-order valence-electron chi connectivity index (χ3n) is 10.5. The van der Waals surface area contributed by atoms with E-state index in [-0.39, 0.29) is 53.7 Å². The molecule has 8 nitrogen and oxygen atoms in total. The highest BCUT2D eigenvalue weighted by Gasteiger charge is 2.60. The molecule has 6 fully saturated rings. The minimum Gasteiger partial charge on any atom is -0.508 e. The maximum absolute atomic E-state index is 14.2. The van der Waals surface area contributed by atoms with E-state index < -0.39 is 12.1 Å². The van der Waals surface area contributed by atoms with Gasteiger partial charge in [0.15, 0.2) is 5.78 Å². The van der Waals surface area contributed by atoms with Gasteiger partial charge in [-0.1, -0.05) is 34.1 Å². The van der Waals surface area contributed by atoms with Gasteiger partial charge in [-0.15, -0.1) is 0 Å². The van der Waals surface area contributed by atoms with Crippen molar-refractivity contribution in [2.24, 2.45) is 23.2 Å². The monoisotopic (exact) mass is 633 g/mol. The van der Waals surface area contributed by atoms with Crippen LogP contribution in [-0.2, 0) is 20.8 Å². The largest absolute Gasteiger partial charge is 0.508 e. The molecule has 0 radical (unpaired) electrons. The van der Waals surface area contributed by atoms with E-state index in [2.05, 4.69) is 21.2 Å². The number of fused-ring (bicyclic) bond motifs is 1. The normalized spacial score (nSPS) is 31.7. The molecule has 8 rings (SSSR count). The molecule has 3 amide bonds. The zero-order valence-electron chi connectivity index (χ0n) is 23.5. The lowest BCUT2D eigenvalue weighted by atomic mass is 9.49. The molecule has 42 heavy (non-hydrogen) atoms. The van der Waals surface area contributed by atoms with E-state index in [1.807, 2.05) is 11.0 Å². The number of carbonyl (C=O) groups excluding carboxylic acids is 4. The Labute approximate surface area is 254 Å². The third kappa shape index (κ3) is 4.83. The van der Waals surface area contributed by atoms with Gasteiger partial charge in [0.1, 0.15) is 17.8 Å². The quantitative estimate of drug-likeness (QED) is 0.498. The van der Waals surface area contributed by atoms with Gasteiger partial charge in [-0.05, 0) is 98.6 Å². The number of hydrogen-bond donors (Lipinski definition) is 2. The summed E-state index contributed by atoms with van der Waals surface area (Å²) >= 11 is 3.40. The predicted octanol–water partition coefficient (Wildman–Crippen LogP) is 4.09. The summed E-state index contributed by atoms with van der Waals surface area (Å²) in [6.07, 6.45) is 7.33. The molecule has 2 unspecified atom stereocenters. The number of phenolic OH excluding ortho intramolecular Hbond substituents is 1. The summed E-state index contributed by atoms with van der Waals surface area (Å²) in [6.45, 7) is 0.427. The van der Waals surface area contributed by atoms with Gasteiger partial charge >= 0.3 is 0 Å². The van der Waals surface area contributed by atoms with Crippen molar-refractivity contribution in [3.63, 3.8) is 0 Å². The maximum Gasteiger partial charge on any atom is 0.251 e. The molecule has 2 aromatic carbocycles. The van der Waals surface area contributed by atoms with Crippen molar-refractivity contribution >= 4 is 39.4 Å². The average Bonchev–Trinajstić information content (AvgIpc) is 3.53. The van der Waals surface area contributed by atoms with E-state index in [4.69, 9.17) is 0 Å². The minimum atomic E-state index is -0.916. The SMILES string of the molecule is O=C(N[C@@H](Cc1ccc(O)cc1)C(=O)N1CCC2C1C(=O)CN2C(=O)C12CC3CC(CC(C3)C1)C2)c1cccc(Br)c1. The van der Waals surface area contributed by atoms with Gasteiger partial charge in [0, 0.05) is 23.0 Å². The number of phenols is 1. The van der Waals surface area contributed by atoms with E-state index in [9.17, 15) is 24.3 Å². The molecule has 2 aliphatic heterocycles. The molecule has 0 spiro atoms. The highest BCUT2D eigenvalue weighted by molar-refractivity contribution is 9.10. The van der Waals surface area contributed by atoms with Gasteiger partial charge in [0.25, 0.3) is 5.91 Å². The van der Waals surface area contributed by atoms with E-state index >= 15 is 0 Å². The number of nitrogens with one attached hydrogen (secondary N) is 1. The topological polar surface area (TPSA) is 107 Å². The Balaban J connectivity index is 1.12. The first-order valence-corrected chi connectivity index (χ1v) is 16.0. The van der Waals surface area contributed by atoms with E-state index in [1.54, 1.807) is 47.4 Å². The van der Waals surface area contributed by atoms with Crippen molar-refractivity contribution in [3.8, 4) is 5.75 Å². The molecule has 4 saturated carbocycles. The van der Waals surface area contributed by atoms with Gasteiger partial charge in [-0.2, -0.15) is 0 Å². The maximum atomic E-state index is 14.2. The number of nitrogens with zero attached hydrogens (tertiary/aromatic N) is 2. The summed E-state index contributed by atoms with van der Waals surface area (Å²) in [5, 5.41) is 12.7. The van der Waals surface area contributed by atoms with Crippen LogP contribution in [0.1, 0.15) is 60.9 Å². The molecular formula is C33H36BrN3O5. The lowest BCUT2D eigenvalue weighted by Gasteiger charge is -2.56. The molecule has 2 aromatic rings. The van der Waals surface area contributed by atoms with Gasteiger partial charge in [-0.3, -0.25) is 19.2 Å². The average molecular weight is 635 g/mol. The first-order valence-electron chi connectivity index (χ1n) is 15.2. The Morgan fingerprint density at radius 2 is 1.64 bits per heavy atom. The molecule has 0 aromatic heterocycles. The number of carbonyl (C=O) groups is 4. The van der Waals surface area contributed by atoms with Crippen LogP contribution in [0, 0.1) is 23.2 Å². The smallest absolute Gasteiger partial charge is 0.251 e. The Morgan fingerprint density at radius 3 is 2.29 bits per heavy atom. The van der Waals surface area contributed by atoms with Crippen LogP contribution < -0.4 is 5.32 Å². The molecule has 2 N–H and O–H groups in total. The van der Waals surface area contributed by atoms with Crippen LogP contribution in [0.3, 0.4) is 0 Å².